The first kappa shape index (κ1) is 30.1. The van der Waals surface area contributed by atoms with Crippen LogP contribution in [0.2, 0.25) is 0 Å². The summed E-state index contributed by atoms with van der Waals surface area (Å²) in [6.45, 7) is 4.22. The van der Waals surface area contributed by atoms with Crippen molar-refractivity contribution in [1.82, 2.24) is 0 Å². The average Bonchev–Trinajstić information content (AvgIpc) is 2.57. The normalized spacial score (nSPS) is 13.9. The minimum atomic E-state index is -4.14. The third-order valence-electron chi connectivity index (χ3n) is 5.22. The number of hydrogen-bond acceptors (Lipinski definition) is 4. The van der Waals surface area contributed by atoms with Gasteiger partial charge in [-0.2, -0.15) is 0 Å². The van der Waals surface area contributed by atoms with Crippen LogP contribution in [0.3, 0.4) is 0 Å². The standard InChI is InChI=1S/C21H44O4S.Na/c1-3-5-6-14-18-21(26(23,24)25)19-15-12-10-8-7-9-11-13-17-20(22)16-4-2;/h20-22H,3-19H2,1-2H3,(H,23,24,25);/q;+1/p-1. The van der Waals surface area contributed by atoms with Crippen LogP contribution in [-0.4, -0.2) is 29.4 Å². The molecular weight excluding hydrogens is 371 g/mol. The van der Waals surface area contributed by atoms with Crippen molar-refractivity contribution in [3.8, 4) is 0 Å². The quantitative estimate of drug-likeness (QED) is 0.200. The van der Waals surface area contributed by atoms with Crippen molar-refractivity contribution in [2.75, 3.05) is 0 Å². The molecule has 4 nitrogen and oxygen atoms in total. The van der Waals surface area contributed by atoms with Crippen LogP contribution in [0, 0.1) is 0 Å². The fraction of sp³-hybridized carbons (Fsp3) is 1.00. The molecule has 0 fully saturated rings. The molecule has 2 unspecified atom stereocenters. The Morgan fingerprint density at radius 3 is 1.48 bits per heavy atom. The second-order valence-corrected chi connectivity index (χ2v) is 9.46. The van der Waals surface area contributed by atoms with Crippen molar-refractivity contribution in [3.05, 3.63) is 0 Å². The second kappa shape index (κ2) is 20.2. The molecule has 158 valence electrons. The predicted molar refractivity (Wildman–Crippen MR) is 109 cm³/mol. The van der Waals surface area contributed by atoms with Crippen LogP contribution >= 0.6 is 0 Å². The van der Waals surface area contributed by atoms with Gasteiger partial charge in [-0.1, -0.05) is 97.3 Å². The van der Waals surface area contributed by atoms with Gasteiger partial charge in [-0.15, -0.1) is 0 Å². The van der Waals surface area contributed by atoms with Gasteiger partial charge in [-0.05, 0) is 25.7 Å². The van der Waals surface area contributed by atoms with Crippen LogP contribution in [0.15, 0.2) is 0 Å². The van der Waals surface area contributed by atoms with Crippen LogP contribution in [0.4, 0.5) is 0 Å². The maximum absolute atomic E-state index is 11.4. The summed E-state index contributed by atoms with van der Waals surface area (Å²) in [5, 5.41) is 8.99. The summed E-state index contributed by atoms with van der Waals surface area (Å²) in [6.07, 6.45) is 16.9. The molecule has 0 bridgehead atoms. The maximum atomic E-state index is 11.4. The summed E-state index contributed by atoms with van der Waals surface area (Å²) < 4.78 is 34.1. The van der Waals surface area contributed by atoms with E-state index in [0.717, 1.165) is 70.6 Å². The van der Waals surface area contributed by atoms with Gasteiger partial charge in [0.05, 0.1) is 16.2 Å². The summed E-state index contributed by atoms with van der Waals surface area (Å²) in [5.74, 6) is 0. The molecule has 0 aromatic heterocycles. The summed E-state index contributed by atoms with van der Waals surface area (Å²) in [7, 11) is -4.14. The zero-order chi connectivity index (χ0) is 19.7. The van der Waals surface area contributed by atoms with E-state index in [9.17, 15) is 18.1 Å². The van der Waals surface area contributed by atoms with Gasteiger partial charge in [-0.25, -0.2) is 8.42 Å². The van der Waals surface area contributed by atoms with E-state index in [0.29, 0.717) is 12.8 Å². The van der Waals surface area contributed by atoms with Crippen molar-refractivity contribution in [3.63, 3.8) is 0 Å². The fourth-order valence-corrected chi connectivity index (χ4v) is 4.43. The number of hydrogen-bond donors (Lipinski definition) is 1. The number of aliphatic hydroxyl groups is 1. The molecule has 0 saturated heterocycles. The summed E-state index contributed by atoms with van der Waals surface area (Å²) in [4.78, 5) is 0. The van der Waals surface area contributed by atoms with Crippen molar-refractivity contribution >= 4 is 10.1 Å². The Morgan fingerprint density at radius 1 is 0.667 bits per heavy atom. The van der Waals surface area contributed by atoms with E-state index < -0.39 is 15.4 Å². The zero-order valence-corrected chi connectivity index (χ0v) is 21.1. The Balaban J connectivity index is 0. The minimum absolute atomic E-state index is 0. The zero-order valence-electron chi connectivity index (χ0n) is 18.3. The van der Waals surface area contributed by atoms with Gasteiger partial charge in [0.15, 0.2) is 0 Å². The summed E-state index contributed by atoms with van der Waals surface area (Å²) >= 11 is 0. The van der Waals surface area contributed by atoms with Gasteiger partial charge in [0.25, 0.3) is 0 Å². The SMILES string of the molecule is CCCCCCC(CCCCCCCCCCC(O)CCC)S(=O)(=O)[O-].[Na+]. The molecule has 0 rings (SSSR count). The van der Waals surface area contributed by atoms with Gasteiger partial charge >= 0.3 is 29.6 Å². The molecule has 6 heteroatoms. The number of aliphatic hydroxyl groups excluding tert-OH is 1. The topological polar surface area (TPSA) is 77.4 Å². The van der Waals surface area contributed by atoms with E-state index in [2.05, 4.69) is 13.8 Å². The molecule has 2 atom stereocenters. The first-order valence-electron chi connectivity index (χ1n) is 11.0. The largest absolute Gasteiger partial charge is 1.00 e. The van der Waals surface area contributed by atoms with Crippen LogP contribution < -0.4 is 29.6 Å². The van der Waals surface area contributed by atoms with Crippen molar-refractivity contribution in [2.45, 2.75) is 134 Å². The monoisotopic (exact) mass is 414 g/mol. The van der Waals surface area contributed by atoms with Crippen LogP contribution in [0.1, 0.15) is 123 Å². The molecule has 0 spiro atoms. The molecule has 27 heavy (non-hydrogen) atoms. The summed E-state index contributed by atoms with van der Waals surface area (Å²) in [5.41, 5.74) is 0. The molecule has 1 N–H and O–H groups in total. The van der Waals surface area contributed by atoms with Crippen LogP contribution in [0.5, 0.6) is 0 Å². The van der Waals surface area contributed by atoms with Gasteiger partial charge < -0.3 is 9.66 Å². The molecule has 0 aliphatic rings. The molecule has 0 aliphatic carbocycles. The third-order valence-corrected chi connectivity index (χ3v) is 6.51. The summed E-state index contributed by atoms with van der Waals surface area (Å²) in [6, 6.07) is 0. The van der Waals surface area contributed by atoms with Crippen LogP contribution in [0.25, 0.3) is 0 Å². The first-order valence-corrected chi connectivity index (χ1v) is 12.5. The Morgan fingerprint density at radius 2 is 1.07 bits per heavy atom. The number of unbranched alkanes of at least 4 members (excludes halogenated alkanes) is 10. The van der Waals surface area contributed by atoms with Crippen LogP contribution in [-0.2, 0) is 10.1 Å². The smallest absolute Gasteiger partial charge is 0.748 e. The van der Waals surface area contributed by atoms with E-state index >= 15 is 0 Å². The van der Waals surface area contributed by atoms with E-state index in [-0.39, 0.29) is 35.7 Å². The van der Waals surface area contributed by atoms with Gasteiger partial charge in [-0.3, -0.25) is 0 Å². The molecular formula is C21H43NaO4S. The molecule has 0 amide bonds. The molecule has 0 aromatic rings. The molecule has 0 heterocycles. The van der Waals surface area contributed by atoms with Gasteiger partial charge in [0.1, 0.15) is 0 Å². The fourth-order valence-electron chi connectivity index (χ4n) is 3.52. The first-order chi connectivity index (χ1) is 12.4. The van der Waals surface area contributed by atoms with E-state index in [4.69, 9.17) is 0 Å². The van der Waals surface area contributed by atoms with E-state index in [1.165, 1.54) is 25.7 Å². The van der Waals surface area contributed by atoms with Crippen molar-refractivity contribution < 1.29 is 47.6 Å². The Bertz CT molecular complexity index is 401. The average molecular weight is 415 g/mol. The Kier molecular flexibility index (Phi) is 22.4. The van der Waals surface area contributed by atoms with Crippen molar-refractivity contribution in [1.29, 1.82) is 0 Å². The predicted octanol–water partition coefficient (Wildman–Crippen LogP) is 2.94. The number of rotatable bonds is 19. The molecule has 0 aromatic carbocycles. The molecule has 0 aliphatic heterocycles. The second-order valence-electron chi connectivity index (χ2n) is 7.81. The minimum Gasteiger partial charge on any atom is -0.748 e. The molecule has 0 radical (unpaired) electrons. The maximum Gasteiger partial charge on any atom is 1.00 e. The van der Waals surface area contributed by atoms with Crippen molar-refractivity contribution in [2.24, 2.45) is 0 Å². The van der Waals surface area contributed by atoms with Gasteiger partial charge in [0, 0.05) is 5.25 Å². The Hall–Kier alpha value is 0.870. The molecule has 0 saturated carbocycles. The van der Waals surface area contributed by atoms with Gasteiger partial charge in [0.2, 0.25) is 0 Å². The van der Waals surface area contributed by atoms with E-state index in [1.807, 2.05) is 0 Å². The third kappa shape index (κ3) is 19.9. The van der Waals surface area contributed by atoms with E-state index in [1.54, 1.807) is 0 Å². The Labute approximate surface area is 191 Å².